The van der Waals surface area contributed by atoms with E-state index in [1.54, 1.807) is 6.07 Å². The highest BCUT2D eigenvalue weighted by atomic mass is 79.9. The lowest BCUT2D eigenvalue weighted by atomic mass is 10.2. The zero-order valence-corrected chi connectivity index (χ0v) is 15.0. The summed E-state index contributed by atoms with van der Waals surface area (Å²) in [6.45, 7) is 3.99. The second kappa shape index (κ2) is 6.73. The van der Waals surface area contributed by atoms with E-state index in [1.165, 1.54) is 16.7 Å². The van der Waals surface area contributed by atoms with Gasteiger partial charge < -0.3 is 5.32 Å². The number of fused-ring (bicyclic) bond motifs is 1. The average molecular weight is 390 g/mol. The molecule has 1 aromatic carbocycles. The number of pyridine rings is 1. The molecule has 124 valence electrons. The van der Waals surface area contributed by atoms with Crippen LogP contribution in [0, 0.1) is 12.7 Å². The van der Waals surface area contributed by atoms with Gasteiger partial charge in [-0.05, 0) is 59.1 Å². The molecule has 3 rings (SSSR count). The van der Waals surface area contributed by atoms with Gasteiger partial charge >= 0.3 is 0 Å². The van der Waals surface area contributed by atoms with Gasteiger partial charge in [0.1, 0.15) is 17.2 Å². The minimum Gasteiger partial charge on any atom is -0.320 e. The van der Waals surface area contributed by atoms with Gasteiger partial charge in [-0.1, -0.05) is 19.4 Å². The highest BCUT2D eigenvalue weighted by molar-refractivity contribution is 9.10. The molecular formula is C18H17BrFN3O. The van der Waals surface area contributed by atoms with Crippen molar-refractivity contribution < 1.29 is 9.18 Å². The van der Waals surface area contributed by atoms with Crippen LogP contribution >= 0.6 is 15.9 Å². The fourth-order valence-electron chi connectivity index (χ4n) is 2.62. The second-order valence-corrected chi connectivity index (χ2v) is 6.52. The Kier molecular flexibility index (Phi) is 4.66. The highest BCUT2D eigenvalue weighted by Crippen LogP contribution is 2.25. The van der Waals surface area contributed by atoms with Crippen LogP contribution in [0.2, 0.25) is 0 Å². The molecule has 0 radical (unpaired) electrons. The van der Waals surface area contributed by atoms with E-state index in [9.17, 15) is 9.18 Å². The molecule has 6 heteroatoms. The molecule has 0 aliphatic rings. The summed E-state index contributed by atoms with van der Waals surface area (Å²) in [5.41, 5.74) is 3.36. The van der Waals surface area contributed by atoms with E-state index in [0.717, 1.165) is 16.5 Å². The van der Waals surface area contributed by atoms with Crippen LogP contribution in [0.25, 0.3) is 5.65 Å². The van der Waals surface area contributed by atoms with E-state index >= 15 is 0 Å². The van der Waals surface area contributed by atoms with Crippen molar-refractivity contribution in [2.24, 2.45) is 0 Å². The van der Waals surface area contributed by atoms with Crippen molar-refractivity contribution in [2.75, 3.05) is 5.32 Å². The zero-order chi connectivity index (χ0) is 17.3. The van der Waals surface area contributed by atoms with Crippen molar-refractivity contribution in [1.82, 2.24) is 9.38 Å². The van der Waals surface area contributed by atoms with Crippen LogP contribution in [-0.4, -0.2) is 15.3 Å². The van der Waals surface area contributed by atoms with Crippen LogP contribution in [0.4, 0.5) is 10.1 Å². The number of hydrogen-bond donors (Lipinski definition) is 1. The molecule has 24 heavy (non-hydrogen) atoms. The molecule has 2 aromatic heterocycles. The predicted molar refractivity (Wildman–Crippen MR) is 96.0 cm³/mol. The van der Waals surface area contributed by atoms with Crippen LogP contribution in [0.3, 0.4) is 0 Å². The Balaban J connectivity index is 2.04. The second-order valence-electron chi connectivity index (χ2n) is 5.67. The summed E-state index contributed by atoms with van der Waals surface area (Å²) in [6, 6.07) is 8.60. The number of imidazole rings is 1. The molecule has 0 aliphatic heterocycles. The van der Waals surface area contributed by atoms with Gasteiger partial charge in [-0.25, -0.2) is 9.37 Å². The molecule has 0 saturated carbocycles. The van der Waals surface area contributed by atoms with E-state index < -0.39 is 5.82 Å². The first-order valence-electron chi connectivity index (χ1n) is 7.73. The minimum absolute atomic E-state index is 0.305. The Morgan fingerprint density at radius 3 is 2.83 bits per heavy atom. The number of aryl methyl sites for hydroxylation is 2. The standard InChI is InChI=1S/C18H17BrFN3O/c1-3-4-15-17(23-10-12(20)6-8-16(23)21-15)18(24)22-14-7-5-11(2)9-13(14)19/h5-10H,3-4H2,1-2H3,(H,22,24). The number of amides is 1. The quantitative estimate of drug-likeness (QED) is 0.699. The number of aromatic nitrogens is 2. The Hall–Kier alpha value is -2.21. The first-order valence-corrected chi connectivity index (χ1v) is 8.53. The molecule has 0 fully saturated rings. The first kappa shape index (κ1) is 16.6. The van der Waals surface area contributed by atoms with Gasteiger partial charge in [-0.2, -0.15) is 0 Å². The summed E-state index contributed by atoms with van der Waals surface area (Å²) in [4.78, 5) is 17.3. The number of hydrogen-bond acceptors (Lipinski definition) is 2. The van der Waals surface area contributed by atoms with Crippen LogP contribution < -0.4 is 5.32 Å². The monoisotopic (exact) mass is 389 g/mol. The maximum atomic E-state index is 13.6. The number of halogens is 2. The van der Waals surface area contributed by atoms with Crippen molar-refractivity contribution in [3.05, 3.63) is 63.8 Å². The van der Waals surface area contributed by atoms with Crippen LogP contribution in [-0.2, 0) is 6.42 Å². The summed E-state index contributed by atoms with van der Waals surface area (Å²) in [6.07, 6.45) is 2.79. The lowest BCUT2D eigenvalue weighted by Gasteiger charge is -2.09. The number of carbonyl (C=O) groups excluding carboxylic acids is 1. The van der Waals surface area contributed by atoms with Gasteiger partial charge in [-0.3, -0.25) is 9.20 Å². The van der Waals surface area contributed by atoms with E-state index in [2.05, 4.69) is 26.2 Å². The van der Waals surface area contributed by atoms with Crippen molar-refractivity contribution >= 4 is 33.2 Å². The third-order valence-corrected chi connectivity index (χ3v) is 4.39. The molecule has 0 saturated heterocycles. The SMILES string of the molecule is CCCc1nc2ccc(F)cn2c1C(=O)Nc1ccc(C)cc1Br. The number of anilines is 1. The molecule has 0 spiro atoms. The number of benzene rings is 1. The first-order chi connectivity index (χ1) is 11.5. The number of nitrogens with one attached hydrogen (secondary N) is 1. The van der Waals surface area contributed by atoms with Crippen molar-refractivity contribution in [2.45, 2.75) is 26.7 Å². The fraction of sp³-hybridized carbons (Fsp3) is 0.222. The fourth-order valence-corrected chi connectivity index (χ4v) is 3.21. The van der Waals surface area contributed by atoms with Gasteiger partial charge in [0.2, 0.25) is 0 Å². The van der Waals surface area contributed by atoms with Crippen molar-refractivity contribution in [1.29, 1.82) is 0 Å². The van der Waals surface area contributed by atoms with E-state index in [4.69, 9.17) is 0 Å². The zero-order valence-electron chi connectivity index (χ0n) is 13.4. The molecule has 1 amide bonds. The molecule has 0 bridgehead atoms. The van der Waals surface area contributed by atoms with Crippen LogP contribution in [0.15, 0.2) is 41.0 Å². The Morgan fingerprint density at radius 1 is 1.33 bits per heavy atom. The number of rotatable bonds is 4. The topological polar surface area (TPSA) is 46.4 Å². The van der Waals surface area contributed by atoms with Gasteiger partial charge in [0, 0.05) is 10.7 Å². The Labute approximate surface area is 147 Å². The van der Waals surface area contributed by atoms with E-state index in [-0.39, 0.29) is 5.91 Å². The molecule has 4 nitrogen and oxygen atoms in total. The molecule has 0 unspecified atom stereocenters. The summed E-state index contributed by atoms with van der Waals surface area (Å²) < 4.78 is 15.9. The highest BCUT2D eigenvalue weighted by Gasteiger charge is 2.20. The predicted octanol–water partition coefficient (Wildman–Crippen LogP) is 4.75. The molecule has 0 aliphatic carbocycles. The maximum Gasteiger partial charge on any atom is 0.274 e. The summed E-state index contributed by atoms with van der Waals surface area (Å²) in [5, 5.41) is 2.88. The molecule has 0 atom stereocenters. The third kappa shape index (κ3) is 3.19. The van der Waals surface area contributed by atoms with Crippen molar-refractivity contribution in [3.8, 4) is 0 Å². The lowest BCUT2D eigenvalue weighted by molar-refractivity contribution is 0.102. The number of nitrogens with zero attached hydrogens (tertiary/aromatic N) is 2. The van der Waals surface area contributed by atoms with Crippen LogP contribution in [0.1, 0.15) is 35.1 Å². The third-order valence-electron chi connectivity index (χ3n) is 3.73. The average Bonchev–Trinajstić information content (AvgIpc) is 2.87. The molecular weight excluding hydrogens is 373 g/mol. The van der Waals surface area contributed by atoms with Gasteiger partial charge in [-0.15, -0.1) is 0 Å². The maximum absolute atomic E-state index is 13.6. The van der Waals surface area contributed by atoms with Crippen LogP contribution in [0.5, 0.6) is 0 Å². The molecule has 1 N–H and O–H groups in total. The summed E-state index contributed by atoms with van der Waals surface area (Å²) >= 11 is 3.45. The Bertz CT molecular complexity index is 920. The minimum atomic E-state index is -0.409. The van der Waals surface area contributed by atoms with Crippen molar-refractivity contribution in [3.63, 3.8) is 0 Å². The van der Waals surface area contributed by atoms with E-state index in [1.807, 2.05) is 32.0 Å². The summed E-state index contributed by atoms with van der Waals surface area (Å²) in [7, 11) is 0. The van der Waals surface area contributed by atoms with Gasteiger partial charge in [0.15, 0.2) is 0 Å². The van der Waals surface area contributed by atoms with E-state index in [0.29, 0.717) is 29.1 Å². The molecule has 3 aromatic rings. The number of carbonyl (C=O) groups is 1. The van der Waals surface area contributed by atoms with Gasteiger partial charge in [0.25, 0.3) is 5.91 Å². The normalized spacial score (nSPS) is 11.0. The molecule has 2 heterocycles. The van der Waals surface area contributed by atoms with Gasteiger partial charge in [0.05, 0.1) is 11.4 Å². The Morgan fingerprint density at radius 2 is 2.12 bits per heavy atom. The smallest absolute Gasteiger partial charge is 0.274 e. The summed E-state index contributed by atoms with van der Waals surface area (Å²) in [5.74, 6) is -0.713. The lowest BCUT2D eigenvalue weighted by Crippen LogP contribution is -2.17. The largest absolute Gasteiger partial charge is 0.320 e.